The molecule has 1 aromatic carbocycles. The van der Waals surface area contributed by atoms with Crippen LogP contribution in [0.25, 0.3) is 0 Å². The zero-order valence-corrected chi connectivity index (χ0v) is 11.4. The first-order valence-electron chi connectivity index (χ1n) is 5.15. The fourth-order valence-corrected chi connectivity index (χ4v) is 2.61. The highest BCUT2D eigenvalue weighted by Crippen LogP contribution is 2.38. The summed E-state index contributed by atoms with van der Waals surface area (Å²) in [5.74, 6) is 0.556. The predicted molar refractivity (Wildman–Crippen MR) is 71.9 cm³/mol. The normalized spacial score (nSPS) is 17.1. The van der Waals surface area contributed by atoms with Gasteiger partial charge in [0.05, 0.1) is 4.92 Å². The van der Waals surface area contributed by atoms with E-state index in [2.05, 4.69) is 22.6 Å². The van der Waals surface area contributed by atoms with Gasteiger partial charge in [-0.3, -0.25) is 10.1 Å². The summed E-state index contributed by atoms with van der Waals surface area (Å²) in [6.07, 6.45) is 2.91. The van der Waals surface area contributed by atoms with Crippen molar-refractivity contribution in [2.75, 3.05) is 0 Å². The molecule has 0 heterocycles. The number of hydrogen-bond acceptors (Lipinski definition) is 2. The Bertz CT molecular complexity index is 420. The molecule has 1 aliphatic rings. The van der Waals surface area contributed by atoms with Crippen LogP contribution < -0.4 is 0 Å². The topological polar surface area (TPSA) is 43.1 Å². The molecule has 1 aromatic rings. The summed E-state index contributed by atoms with van der Waals surface area (Å²) < 4.78 is 0.880. The molecule has 0 aromatic heterocycles. The average molecular weight is 352 g/mol. The van der Waals surface area contributed by atoms with Gasteiger partial charge in [-0.05, 0) is 53.8 Å². The minimum atomic E-state index is -0.325. The van der Waals surface area contributed by atoms with Crippen LogP contribution in [-0.4, -0.2) is 10.3 Å². The van der Waals surface area contributed by atoms with E-state index in [1.807, 2.05) is 12.1 Å². The maximum Gasteiger partial charge on any atom is 0.273 e. The molecule has 1 fully saturated rings. The molecule has 0 bridgehead atoms. The van der Waals surface area contributed by atoms with Crippen molar-refractivity contribution in [1.29, 1.82) is 0 Å². The molecule has 0 aliphatic heterocycles. The molecule has 86 valence electrons. The van der Waals surface area contributed by atoms with E-state index in [0.29, 0.717) is 12.3 Å². The second-order valence-corrected chi connectivity index (χ2v) is 5.89. The van der Waals surface area contributed by atoms with Gasteiger partial charge in [-0.15, -0.1) is 11.6 Å². The van der Waals surface area contributed by atoms with Gasteiger partial charge in [0.2, 0.25) is 0 Å². The summed E-state index contributed by atoms with van der Waals surface area (Å²) in [5.41, 5.74) is 0.940. The number of nitro benzene ring substituents is 1. The Kier molecular flexibility index (Phi) is 3.69. The molecule has 0 amide bonds. The number of nitro groups is 1. The molecule has 0 spiro atoms. The number of alkyl halides is 1. The van der Waals surface area contributed by atoms with Crippen LogP contribution in [0.4, 0.5) is 5.69 Å². The third-order valence-electron chi connectivity index (χ3n) is 2.79. The molecular formula is C11H11ClINO2. The number of halogens is 2. The summed E-state index contributed by atoms with van der Waals surface area (Å²) in [7, 11) is 0. The molecule has 16 heavy (non-hydrogen) atoms. The molecule has 2 rings (SSSR count). The van der Waals surface area contributed by atoms with Crippen molar-refractivity contribution >= 4 is 39.9 Å². The lowest BCUT2D eigenvalue weighted by Crippen LogP contribution is -2.07. The van der Waals surface area contributed by atoms with Crippen molar-refractivity contribution in [1.82, 2.24) is 0 Å². The number of benzene rings is 1. The molecule has 0 saturated heterocycles. The number of rotatable bonds is 4. The molecule has 1 unspecified atom stereocenters. The minimum Gasteiger partial charge on any atom is -0.258 e. The Morgan fingerprint density at radius 1 is 1.56 bits per heavy atom. The van der Waals surface area contributed by atoms with Gasteiger partial charge in [0.1, 0.15) is 0 Å². The average Bonchev–Trinajstić information content (AvgIpc) is 3.03. The number of nitrogens with zero attached hydrogens (tertiary/aromatic N) is 1. The second kappa shape index (κ2) is 4.87. The van der Waals surface area contributed by atoms with Crippen molar-refractivity contribution in [3.8, 4) is 0 Å². The molecule has 1 atom stereocenters. The van der Waals surface area contributed by atoms with Crippen LogP contribution in [0.5, 0.6) is 0 Å². The lowest BCUT2D eigenvalue weighted by atomic mass is 10.1. The lowest BCUT2D eigenvalue weighted by Gasteiger charge is -2.08. The van der Waals surface area contributed by atoms with Crippen molar-refractivity contribution in [3.05, 3.63) is 37.4 Å². The molecule has 0 radical (unpaired) electrons. The van der Waals surface area contributed by atoms with E-state index < -0.39 is 0 Å². The first kappa shape index (κ1) is 12.1. The van der Waals surface area contributed by atoms with Crippen LogP contribution in [-0.2, 0) is 6.42 Å². The highest BCUT2D eigenvalue weighted by atomic mass is 127. The van der Waals surface area contributed by atoms with E-state index >= 15 is 0 Å². The van der Waals surface area contributed by atoms with E-state index in [1.165, 1.54) is 0 Å². The second-order valence-electron chi connectivity index (χ2n) is 4.09. The van der Waals surface area contributed by atoms with E-state index in [4.69, 9.17) is 11.6 Å². The predicted octanol–water partition coefficient (Wildman–Crippen LogP) is 3.76. The highest BCUT2D eigenvalue weighted by molar-refractivity contribution is 14.1. The van der Waals surface area contributed by atoms with Gasteiger partial charge in [0.15, 0.2) is 0 Å². The van der Waals surface area contributed by atoms with Crippen LogP contribution in [0.3, 0.4) is 0 Å². The zero-order valence-electron chi connectivity index (χ0n) is 8.53. The van der Waals surface area contributed by atoms with Gasteiger partial charge in [-0.2, -0.15) is 0 Å². The maximum atomic E-state index is 10.9. The Labute approximate surface area is 112 Å². The van der Waals surface area contributed by atoms with E-state index in [1.54, 1.807) is 6.07 Å². The van der Waals surface area contributed by atoms with Crippen molar-refractivity contribution < 1.29 is 4.92 Å². The van der Waals surface area contributed by atoms with Crippen LogP contribution >= 0.6 is 34.2 Å². The SMILES string of the molecule is O=[N+]([O-])c1cc(I)ccc1CC(Cl)C1CC1. The summed E-state index contributed by atoms with van der Waals surface area (Å²) >= 11 is 8.28. The highest BCUT2D eigenvalue weighted by Gasteiger charge is 2.31. The minimum absolute atomic E-state index is 0.0405. The van der Waals surface area contributed by atoms with Crippen LogP contribution in [0.2, 0.25) is 0 Å². The van der Waals surface area contributed by atoms with Gasteiger partial charge < -0.3 is 0 Å². The summed E-state index contributed by atoms with van der Waals surface area (Å²) in [6.45, 7) is 0. The third kappa shape index (κ3) is 2.85. The quantitative estimate of drug-likeness (QED) is 0.359. The van der Waals surface area contributed by atoms with Crippen molar-refractivity contribution in [2.24, 2.45) is 5.92 Å². The smallest absolute Gasteiger partial charge is 0.258 e. The van der Waals surface area contributed by atoms with Crippen LogP contribution in [0.1, 0.15) is 18.4 Å². The molecular weight excluding hydrogens is 340 g/mol. The summed E-state index contributed by atoms with van der Waals surface area (Å²) in [4.78, 5) is 10.6. The summed E-state index contributed by atoms with van der Waals surface area (Å²) in [5, 5.41) is 10.9. The largest absolute Gasteiger partial charge is 0.273 e. The third-order valence-corrected chi connectivity index (χ3v) is 3.97. The van der Waals surface area contributed by atoms with E-state index in [9.17, 15) is 10.1 Å². The molecule has 1 aliphatic carbocycles. The number of hydrogen-bond donors (Lipinski definition) is 0. The Hall–Kier alpha value is -0.360. The first-order valence-corrected chi connectivity index (χ1v) is 6.66. The monoisotopic (exact) mass is 351 g/mol. The molecule has 1 saturated carbocycles. The lowest BCUT2D eigenvalue weighted by molar-refractivity contribution is -0.385. The Morgan fingerprint density at radius 2 is 2.25 bits per heavy atom. The zero-order chi connectivity index (χ0) is 11.7. The van der Waals surface area contributed by atoms with Crippen molar-refractivity contribution in [3.63, 3.8) is 0 Å². The Morgan fingerprint density at radius 3 is 2.81 bits per heavy atom. The maximum absolute atomic E-state index is 10.9. The van der Waals surface area contributed by atoms with Gasteiger partial charge >= 0.3 is 0 Å². The van der Waals surface area contributed by atoms with Crippen LogP contribution in [0, 0.1) is 19.6 Å². The first-order chi connectivity index (χ1) is 7.58. The van der Waals surface area contributed by atoms with Gasteiger partial charge in [0, 0.05) is 20.6 Å². The van der Waals surface area contributed by atoms with Gasteiger partial charge in [0.25, 0.3) is 5.69 Å². The van der Waals surface area contributed by atoms with Gasteiger partial charge in [-0.25, -0.2) is 0 Å². The summed E-state index contributed by atoms with van der Waals surface area (Å²) in [6, 6.07) is 5.31. The van der Waals surface area contributed by atoms with E-state index in [-0.39, 0.29) is 16.0 Å². The van der Waals surface area contributed by atoms with E-state index in [0.717, 1.165) is 22.0 Å². The fraction of sp³-hybridized carbons (Fsp3) is 0.455. The molecule has 5 heteroatoms. The van der Waals surface area contributed by atoms with Gasteiger partial charge in [-0.1, -0.05) is 6.07 Å². The Balaban J connectivity index is 2.21. The fourth-order valence-electron chi connectivity index (χ4n) is 1.71. The standard InChI is InChI=1S/C11H11ClINO2/c12-10(7-1-2-7)5-8-3-4-9(13)6-11(8)14(15)16/h3-4,6-7,10H,1-2,5H2. The van der Waals surface area contributed by atoms with Crippen LogP contribution in [0.15, 0.2) is 18.2 Å². The van der Waals surface area contributed by atoms with Crippen molar-refractivity contribution in [2.45, 2.75) is 24.6 Å². The molecule has 3 nitrogen and oxygen atoms in total. The molecule has 0 N–H and O–H groups in total.